The van der Waals surface area contributed by atoms with Crippen LogP contribution in [0.2, 0.25) is 0 Å². The zero-order valence-electron chi connectivity index (χ0n) is 22.5. The molecule has 12 heteroatoms. The molecule has 39 heavy (non-hydrogen) atoms. The SMILES string of the molecule is CCOc1ccc(F)c(OC2=CC(=O)N([C@@H](CC(C)C)C(=O)Nc3cnc([C@H]4COC(C)(C)O4)cn3)C2)c1F. The van der Waals surface area contributed by atoms with E-state index in [9.17, 15) is 18.4 Å². The number of aromatic nitrogens is 2. The Morgan fingerprint density at radius 2 is 2.03 bits per heavy atom. The number of hydrogen-bond acceptors (Lipinski definition) is 8. The number of carbonyl (C=O) groups is 2. The summed E-state index contributed by atoms with van der Waals surface area (Å²) in [6.45, 7) is 9.46. The molecule has 2 aliphatic rings. The molecule has 10 nitrogen and oxygen atoms in total. The molecule has 0 unspecified atom stereocenters. The molecule has 2 aliphatic heterocycles. The fourth-order valence-corrected chi connectivity index (χ4v) is 4.28. The predicted octanol–water partition coefficient (Wildman–Crippen LogP) is 4.14. The van der Waals surface area contributed by atoms with Gasteiger partial charge in [-0.05, 0) is 45.2 Å². The molecule has 0 spiro atoms. The lowest BCUT2D eigenvalue weighted by molar-refractivity contribution is -0.139. The van der Waals surface area contributed by atoms with Gasteiger partial charge >= 0.3 is 0 Å². The second-order valence-electron chi connectivity index (χ2n) is 10.1. The molecule has 0 radical (unpaired) electrons. The maximum Gasteiger partial charge on any atom is 0.251 e. The first-order valence-electron chi connectivity index (χ1n) is 12.7. The van der Waals surface area contributed by atoms with Crippen molar-refractivity contribution < 1.29 is 37.3 Å². The lowest BCUT2D eigenvalue weighted by Gasteiger charge is -2.28. The molecule has 210 valence electrons. The second-order valence-corrected chi connectivity index (χ2v) is 10.1. The lowest BCUT2D eigenvalue weighted by Crippen LogP contribution is -2.46. The third-order valence-electron chi connectivity index (χ3n) is 6.08. The molecule has 0 aliphatic carbocycles. The summed E-state index contributed by atoms with van der Waals surface area (Å²) in [5, 5.41) is 2.70. The van der Waals surface area contributed by atoms with E-state index in [1.165, 1.54) is 17.3 Å². The Balaban J connectivity index is 1.45. The molecule has 1 saturated heterocycles. The normalized spacial score (nSPS) is 19.3. The van der Waals surface area contributed by atoms with Gasteiger partial charge in [-0.25, -0.2) is 9.37 Å². The van der Waals surface area contributed by atoms with Gasteiger partial charge in [0.2, 0.25) is 17.5 Å². The van der Waals surface area contributed by atoms with Gasteiger partial charge in [0.15, 0.2) is 23.2 Å². The molecule has 1 fully saturated rings. The van der Waals surface area contributed by atoms with Crippen molar-refractivity contribution in [2.75, 3.05) is 25.1 Å². The van der Waals surface area contributed by atoms with Crippen LogP contribution in [0.4, 0.5) is 14.6 Å². The molecule has 3 heterocycles. The van der Waals surface area contributed by atoms with E-state index in [2.05, 4.69) is 15.3 Å². The Morgan fingerprint density at radius 1 is 1.26 bits per heavy atom. The number of rotatable bonds is 10. The summed E-state index contributed by atoms with van der Waals surface area (Å²) in [6.07, 6.45) is 3.98. The van der Waals surface area contributed by atoms with E-state index in [-0.39, 0.29) is 42.5 Å². The van der Waals surface area contributed by atoms with Gasteiger partial charge in [-0.2, -0.15) is 4.39 Å². The van der Waals surface area contributed by atoms with E-state index < -0.39 is 41.0 Å². The highest BCUT2D eigenvalue weighted by Crippen LogP contribution is 2.33. The predicted molar refractivity (Wildman–Crippen MR) is 136 cm³/mol. The smallest absolute Gasteiger partial charge is 0.251 e. The summed E-state index contributed by atoms with van der Waals surface area (Å²) >= 11 is 0. The van der Waals surface area contributed by atoms with Crippen molar-refractivity contribution in [3.8, 4) is 11.5 Å². The standard InChI is InChI=1S/C27H32F2N4O6/c1-6-36-20-8-7-17(28)25(24(20)29)38-16-10-23(34)33(13-16)19(9-15(2)3)26(35)32-22-12-30-18(11-31-22)21-14-37-27(4,5)39-21/h7-8,10-12,15,19,21H,6,9,13-14H2,1-5H3,(H,31,32,35)/t19-,21+/m0/s1. The summed E-state index contributed by atoms with van der Waals surface area (Å²) in [4.78, 5) is 36.0. The Bertz CT molecular complexity index is 1250. The number of benzene rings is 1. The van der Waals surface area contributed by atoms with Crippen LogP contribution in [0.1, 0.15) is 52.8 Å². The molecule has 4 rings (SSSR count). The van der Waals surface area contributed by atoms with Gasteiger partial charge < -0.3 is 29.2 Å². The maximum absolute atomic E-state index is 14.7. The summed E-state index contributed by atoms with van der Waals surface area (Å²) in [6, 6.07) is 1.29. The Labute approximate surface area is 225 Å². The monoisotopic (exact) mass is 546 g/mol. The first-order valence-corrected chi connectivity index (χ1v) is 12.7. The number of nitrogens with one attached hydrogen (secondary N) is 1. The van der Waals surface area contributed by atoms with Gasteiger partial charge in [0.1, 0.15) is 17.9 Å². The zero-order valence-corrected chi connectivity index (χ0v) is 22.5. The quantitative estimate of drug-likeness (QED) is 0.474. The van der Waals surface area contributed by atoms with E-state index in [1.54, 1.807) is 20.8 Å². The van der Waals surface area contributed by atoms with Crippen LogP contribution in [-0.4, -0.2) is 58.3 Å². The molecule has 1 N–H and O–H groups in total. The van der Waals surface area contributed by atoms with Gasteiger partial charge in [-0.3, -0.25) is 14.6 Å². The molecule has 2 aromatic rings. The van der Waals surface area contributed by atoms with Gasteiger partial charge in [-0.15, -0.1) is 0 Å². The van der Waals surface area contributed by atoms with Crippen LogP contribution in [0.25, 0.3) is 0 Å². The summed E-state index contributed by atoms with van der Waals surface area (Å²) in [5.74, 6) is -4.28. The molecule has 2 amide bonds. The van der Waals surface area contributed by atoms with Crippen LogP contribution in [0.15, 0.2) is 36.4 Å². The molecule has 0 saturated carbocycles. The lowest BCUT2D eigenvalue weighted by atomic mass is 10.0. The average Bonchev–Trinajstić information content (AvgIpc) is 3.43. The number of anilines is 1. The van der Waals surface area contributed by atoms with Crippen LogP contribution < -0.4 is 14.8 Å². The van der Waals surface area contributed by atoms with E-state index >= 15 is 0 Å². The number of nitrogens with zero attached hydrogens (tertiary/aromatic N) is 3. The third-order valence-corrected chi connectivity index (χ3v) is 6.08. The van der Waals surface area contributed by atoms with E-state index in [4.69, 9.17) is 18.9 Å². The third kappa shape index (κ3) is 6.69. The van der Waals surface area contributed by atoms with Crippen molar-refractivity contribution in [1.29, 1.82) is 0 Å². The summed E-state index contributed by atoms with van der Waals surface area (Å²) < 4.78 is 51.0. The Kier molecular flexibility index (Phi) is 8.45. The zero-order chi connectivity index (χ0) is 28.3. The Hall–Kier alpha value is -3.64. The van der Waals surface area contributed by atoms with Gasteiger partial charge in [0, 0.05) is 6.08 Å². The van der Waals surface area contributed by atoms with Crippen LogP contribution in [-0.2, 0) is 19.1 Å². The van der Waals surface area contributed by atoms with Gasteiger partial charge in [0.25, 0.3) is 5.91 Å². The van der Waals surface area contributed by atoms with Crippen LogP contribution in [0, 0.1) is 17.6 Å². The number of halogens is 2. The van der Waals surface area contributed by atoms with Crippen LogP contribution >= 0.6 is 0 Å². The van der Waals surface area contributed by atoms with Crippen LogP contribution in [0.5, 0.6) is 11.5 Å². The maximum atomic E-state index is 14.7. The highest BCUT2D eigenvalue weighted by atomic mass is 19.1. The van der Waals surface area contributed by atoms with E-state index in [1.807, 2.05) is 13.8 Å². The minimum atomic E-state index is -1.01. The van der Waals surface area contributed by atoms with Gasteiger partial charge in [-0.1, -0.05) is 13.8 Å². The van der Waals surface area contributed by atoms with Crippen molar-refractivity contribution in [1.82, 2.24) is 14.9 Å². The number of ether oxygens (including phenoxy) is 4. The van der Waals surface area contributed by atoms with Crippen molar-refractivity contribution in [3.05, 3.63) is 53.7 Å². The second kappa shape index (κ2) is 11.6. The first kappa shape index (κ1) is 28.4. The Morgan fingerprint density at radius 3 is 2.64 bits per heavy atom. The molecular formula is C27H32F2N4O6. The highest BCUT2D eigenvalue weighted by molar-refractivity contribution is 5.99. The van der Waals surface area contributed by atoms with Crippen LogP contribution in [0.3, 0.4) is 0 Å². The average molecular weight is 547 g/mol. The molecule has 0 bridgehead atoms. The van der Waals surface area contributed by atoms with E-state index in [0.717, 1.165) is 18.2 Å². The molecule has 1 aromatic heterocycles. The number of hydrogen-bond donors (Lipinski definition) is 1. The van der Waals surface area contributed by atoms with Gasteiger partial charge in [0.05, 0.1) is 37.8 Å². The first-order chi connectivity index (χ1) is 18.5. The molecular weight excluding hydrogens is 514 g/mol. The van der Waals surface area contributed by atoms with Crippen molar-refractivity contribution in [3.63, 3.8) is 0 Å². The minimum Gasteiger partial charge on any atom is -0.491 e. The number of amides is 2. The minimum absolute atomic E-state index is 0.00106. The highest BCUT2D eigenvalue weighted by Gasteiger charge is 2.36. The molecule has 2 atom stereocenters. The topological polar surface area (TPSA) is 112 Å². The fraction of sp³-hybridized carbons (Fsp3) is 0.481. The van der Waals surface area contributed by atoms with Crippen molar-refractivity contribution >= 4 is 17.6 Å². The van der Waals surface area contributed by atoms with E-state index in [0.29, 0.717) is 18.7 Å². The fourth-order valence-electron chi connectivity index (χ4n) is 4.28. The largest absolute Gasteiger partial charge is 0.491 e. The summed E-state index contributed by atoms with van der Waals surface area (Å²) in [7, 11) is 0. The summed E-state index contributed by atoms with van der Waals surface area (Å²) in [5.41, 5.74) is 0.561. The van der Waals surface area contributed by atoms with Crippen molar-refractivity contribution in [2.45, 2.75) is 59.0 Å². The molecule has 1 aromatic carbocycles. The van der Waals surface area contributed by atoms with Crippen molar-refractivity contribution in [2.24, 2.45) is 5.92 Å². The number of carbonyl (C=O) groups excluding carboxylic acids is 2.